The lowest BCUT2D eigenvalue weighted by Gasteiger charge is -2.27. The van der Waals surface area contributed by atoms with Gasteiger partial charge in [-0.3, -0.25) is 9.59 Å². The summed E-state index contributed by atoms with van der Waals surface area (Å²) in [4.78, 5) is 29.2. The third-order valence-electron chi connectivity index (χ3n) is 5.05. The van der Waals surface area contributed by atoms with Gasteiger partial charge in [0.15, 0.2) is 0 Å². The molecule has 3 aromatic rings. The third kappa shape index (κ3) is 3.85. The molecule has 2 amide bonds. The summed E-state index contributed by atoms with van der Waals surface area (Å²) in [5, 5.41) is 3.07. The molecule has 1 aliphatic heterocycles. The molecule has 1 aliphatic rings. The van der Waals surface area contributed by atoms with E-state index in [0.717, 1.165) is 17.5 Å². The van der Waals surface area contributed by atoms with Crippen molar-refractivity contribution >= 4 is 23.2 Å². The molecule has 142 valence electrons. The number of carbonyl (C=O) groups excluding carboxylic acids is 2. The summed E-state index contributed by atoms with van der Waals surface area (Å²) in [5.74, 6) is -0.0159. The van der Waals surface area contributed by atoms with Crippen LogP contribution in [0.15, 0.2) is 66.7 Å². The normalized spacial score (nSPS) is 14.2. The Hall–Kier alpha value is -2.92. The van der Waals surface area contributed by atoms with Crippen molar-refractivity contribution in [3.05, 3.63) is 93.2 Å². The van der Waals surface area contributed by atoms with Gasteiger partial charge in [-0.05, 0) is 42.7 Å². The number of hydrogen-bond acceptors (Lipinski definition) is 3. The zero-order valence-corrected chi connectivity index (χ0v) is 16.5. The van der Waals surface area contributed by atoms with E-state index in [9.17, 15) is 9.59 Å². The summed E-state index contributed by atoms with van der Waals surface area (Å²) >= 11 is 1.54. The van der Waals surface area contributed by atoms with Gasteiger partial charge in [0.25, 0.3) is 11.8 Å². The van der Waals surface area contributed by atoms with E-state index < -0.39 is 0 Å². The molecule has 0 fully saturated rings. The molecule has 0 bridgehead atoms. The summed E-state index contributed by atoms with van der Waals surface area (Å²) in [6.07, 6.45) is 0.792. The first kappa shape index (κ1) is 18.4. The van der Waals surface area contributed by atoms with Crippen LogP contribution >= 0.6 is 11.3 Å². The van der Waals surface area contributed by atoms with E-state index in [1.54, 1.807) is 11.3 Å². The highest BCUT2D eigenvalue weighted by Gasteiger charge is 2.25. The topological polar surface area (TPSA) is 49.4 Å². The van der Waals surface area contributed by atoms with Crippen molar-refractivity contribution in [2.75, 3.05) is 6.54 Å². The lowest BCUT2D eigenvalue weighted by molar-refractivity contribution is 0.0736. The van der Waals surface area contributed by atoms with Gasteiger partial charge in [0.05, 0.1) is 10.9 Å². The van der Waals surface area contributed by atoms with Gasteiger partial charge < -0.3 is 10.2 Å². The van der Waals surface area contributed by atoms with Crippen LogP contribution in [-0.2, 0) is 13.0 Å². The summed E-state index contributed by atoms with van der Waals surface area (Å²) < 4.78 is 0. The highest BCUT2D eigenvalue weighted by molar-refractivity contribution is 7.14. The lowest BCUT2D eigenvalue weighted by atomic mass is 10.1. The van der Waals surface area contributed by atoms with Crippen LogP contribution in [0.2, 0.25) is 0 Å². The van der Waals surface area contributed by atoms with Crippen molar-refractivity contribution in [3.63, 3.8) is 0 Å². The highest BCUT2D eigenvalue weighted by atomic mass is 32.1. The van der Waals surface area contributed by atoms with Gasteiger partial charge in [0, 0.05) is 23.5 Å². The molecule has 1 atom stereocenters. The first-order valence-electron chi connectivity index (χ1n) is 9.43. The van der Waals surface area contributed by atoms with Gasteiger partial charge in [-0.25, -0.2) is 0 Å². The molecule has 2 heterocycles. The van der Waals surface area contributed by atoms with Crippen molar-refractivity contribution in [2.45, 2.75) is 25.9 Å². The molecule has 0 unspecified atom stereocenters. The minimum absolute atomic E-state index is 0.0427. The zero-order chi connectivity index (χ0) is 19.5. The number of amides is 2. The SMILES string of the molecule is C[C@H](NC(=O)c1cc2c(s1)CCN(C(=O)c1ccccc1)C2)c1ccccc1. The molecule has 28 heavy (non-hydrogen) atoms. The number of nitrogens with zero attached hydrogens (tertiary/aromatic N) is 1. The van der Waals surface area contributed by atoms with Gasteiger partial charge in [0.2, 0.25) is 0 Å². The maximum atomic E-state index is 12.7. The van der Waals surface area contributed by atoms with Crippen molar-refractivity contribution in [1.29, 1.82) is 0 Å². The number of benzene rings is 2. The van der Waals surface area contributed by atoms with E-state index in [-0.39, 0.29) is 17.9 Å². The number of carbonyl (C=O) groups is 2. The number of rotatable bonds is 4. The molecule has 2 aromatic carbocycles. The smallest absolute Gasteiger partial charge is 0.261 e. The van der Waals surface area contributed by atoms with E-state index in [2.05, 4.69) is 5.32 Å². The van der Waals surface area contributed by atoms with Crippen LogP contribution in [0.4, 0.5) is 0 Å². The van der Waals surface area contributed by atoms with Crippen LogP contribution in [0.3, 0.4) is 0 Å². The zero-order valence-electron chi connectivity index (χ0n) is 15.7. The fourth-order valence-corrected chi connectivity index (χ4v) is 4.54. The predicted octanol–water partition coefficient (Wildman–Crippen LogP) is 4.44. The van der Waals surface area contributed by atoms with Crippen molar-refractivity contribution < 1.29 is 9.59 Å². The van der Waals surface area contributed by atoms with Gasteiger partial charge in [-0.1, -0.05) is 48.5 Å². The van der Waals surface area contributed by atoms with E-state index in [1.165, 1.54) is 4.88 Å². The average molecular weight is 391 g/mol. The molecule has 4 nitrogen and oxygen atoms in total. The number of thiophene rings is 1. The number of fused-ring (bicyclic) bond motifs is 1. The van der Waals surface area contributed by atoms with Crippen molar-refractivity contribution in [2.24, 2.45) is 0 Å². The molecule has 0 spiro atoms. The summed E-state index contributed by atoms with van der Waals surface area (Å²) in [6, 6.07) is 21.2. The van der Waals surface area contributed by atoms with Crippen LogP contribution in [0.25, 0.3) is 0 Å². The van der Waals surface area contributed by atoms with Gasteiger partial charge in [0.1, 0.15) is 0 Å². The van der Waals surface area contributed by atoms with Gasteiger partial charge in [-0.2, -0.15) is 0 Å². The van der Waals surface area contributed by atoms with E-state index in [1.807, 2.05) is 78.6 Å². The van der Waals surface area contributed by atoms with Crippen LogP contribution in [-0.4, -0.2) is 23.3 Å². The Kier molecular flexibility index (Phi) is 5.26. The second kappa shape index (κ2) is 7.98. The number of nitrogens with one attached hydrogen (secondary N) is 1. The molecule has 4 rings (SSSR count). The third-order valence-corrected chi connectivity index (χ3v) is 6.28. The Bertz CT molecular complexity index is 982. The summed E-state index contributed by atoms with van der Waals surface area (Å²) in [6.45, 7) is 3.23. The molecule has 0 radical (unpaired) electrons. The Morgan fingerprint density at radius 1 is 1.04 bits per heavy atom. The van der Waals surface area contributed by atoms with Crippen LogP contribution in [0, 0.1) is 0 Å². The van der Waals surface area contributed by atoms with Crippen LogP contribution in [0.5, 0.6) is 0 Å². The predicted molar refractivity (Wildman–Crippen MR) is 112 cm³/mol. The van der Waals surface area contributed by atoms with E-state index in [4.69, 9.17) is 0 Å². The van der Waals surface area contributed by atoms with Crippen LogP contribution in [0.1, 0.15) is 49.0 Å². The molecular formula is C23H22N2O2S. The second-order valence-corrected chi connectivity index (χ2v) is 8.14. The minimum Gasteiger partial charge on any atom is -0.345 e. The van der Waals surface area contributed by atoms with E-state index >= 15 is 0 Å². The highest BCUT2D eigenvalue weighted by Crippen LogP contribution is 2.29. The molecule has 5 heteroatoms. The Morgan fingerprint density at radius 3 is 2.43 bits per heavy atom. The average Bonchev–Trinajstić information content (AvgIpc) is 3.18. The molecule has 1 aromatic heterocycles. The second-order valence-electron chi connectivity index (χ2n) is 7.01. The monoisotopic (exact) mass is 390 g/mol. The Morgan fingerprint density at radius 2 is 1.71 bits per heavy atom. The van der Waals surface area contributed by atoms with E-state index in [0.29, 0.717) is 23.5 Å². The summed E-state index contributed by atoms with van der Waals surface area (Å²) in [7, 11) is 0. The standard InChI is InChI=1S/C23H22N2O2S/c1-16(17-8-4-2-5-9-17)24-22(26)21-14-19-15-25(13-12-20(19)28-21)23(27)18-10-6-3-7-11-18/h2-11,14,16H,12-13,15H2,1H3,(H,24,26)/t16-/m0/s1. The lowest BCUT2D eigenvalue weighted by Crippen LogP contribution is -2.35. The molecule has 0 aliphatic carbocycles. The molecule has 0 saturated heterocycles. The number of hydrogen-bond donors (Lipinski definition) is 1. The van der Waals surface area contributed by atoms with Crippen molar-refractivity contribution in [1.82, 2.24) is 10.2 Å². The molecule has 1 N–H and O–H groups in total. The van der Waals surface area contributed by atoms with Gasteiger partial charge >= 0.3 is 0 Å². The summed E-state index contributed by atoms with van der Waals surface area (Å²) in [5.41, 5.74) is 2.87. The quantitative estimate of drug-likeness (QED) is 0.716. The maximum absolute atomic E-state index is 12.7. The largest absolute Gasteiger partial charge is 0.345 e. The molecule has 0 saturated carbocycles. The fraction of sp³-hybridized carbons (Fsp3) is 0.217. The molecular weight excluding hydrogens is 368 g/mol. The maximum Gasteiger partial charge on any atom is 0.261 e. The van der Waals surface area contributed by atoms with Crippen LogP contribution < -0.4 is 5.32 Å². The first-order chi connectivity index (χ1) is 13.6. The first-order valence-corrected chi connectivity index (χ1v) is 10.2. The fourth-order valence-electron chi connectivity index (χ4n) is 3.47. The van der Waals surface area contributed by atoms with Crippen molar-refractivity contribution in [3.8, 4) is 0 Å². The van der Waals surface area contributed by atoms with Gasteiger partial charge in [-0.15, -0.1) is 11.3 Å². The minimum atomic E-state index is -0.0586. The Labute approximate surface area is 168 Å². The Balaban J connectivity index is 1.45.